The van der Waals surface area contributed by atoms with E-state index in [1.54, 1.807) is 0 Å². The second kappa shape index (κ2) is 6.80. The molecule has 0 heterocycles. The van der Waals surface area contributed by atoms with Gasteiger partial charge in [-0.3, -0.25) is 4.79 Å². The first kappa shape index (κ1) is 13.4. The van der Waals surface area contributed by atoms with Crippen LogP contribution >= 0.6 is 35.0 Å². The molecule has 78 valence electrons. The van der Waals surface area contributed by atoms with Gasteiger partial charge in [-0.25, -0.2) is 0 Å². The van der Waals surface area contributed by atoms with Gasteiger partial charge in [0.2, 0.25) is 5.91 Å². The summed E-state index contributed by atoms with van der Waals surface area (Å²) in [4.78, 5) is 11.3. The van der Waals surface area contributed by atoms with Crippen LogP contribution in [0.1, 0.15) is 13.3 Å². The van der Waals surface area contributed by atoms with Crippen molar-refractivity contribution in [1.82, 2.24) is 5.32 Å². The number of thioether (sulfide) groups is 1. The average Bonchev–Trinajstić information content (AvgIpc) is 2.15. The van der Waals surface area contributed by atoms with Crippen molar-refractivity contribution in [2.75, 3.05) is 23.8 Å². The zero-order valence-electron chi connectivity index (χ0n) is 7.90. The van der Waals surface area contributed by atoms with E-state index in [0.29, 0.717) is 17.5 Å². The van der Waals surface area contributed by atoms with Crippen LogP contribution < -0.4 is 5.32 Å². The summed E-state index contributed by atoms with van der Waals surface area (Å²) in [7, 11) is 0. The molecule has 0 saturated carbocycles. The van der Waals surface area contributed by atoms with Gasteiger partial charge in [0.15, 0.2) is 0 Å². The van der Waals surface area contributed by atoms with Crippen LogP contribution in [0.5, 0.6) is 0 Å². The van der Waals surface area contributed by atoms with Crippen molar-refractivity contribution in [1.29, 1.82) is 0 Å². The molecule has 0 aromatic rings. The highest BCUT2D eigenvalue weighted by molar-refractivity contribution is 7.99. The molecule has 0 saturated heterocycles. The number of alkyl halides is 2. The number of nitrogens with one attached hydrogen (secondary N) is 1. The molecule has 5 heteroatoms. The van der Waals surface area contributed by atoms with Crippen molar-refractivity contribution in [3.05, 3.63) is 0 Å². The molecular weight excluding hydrogens is 229 g/mol. The minimum Gasteiger partial charge on any atom is -0.348 e. The summed E-state index contributed by atoms with van der Waals surface area (Å²) in [6.45, 7) is 1.96. The summed E-state index contributed by atoms with van der Waals surface area (Å²) >= 11 is 13.0. The van der Waals surface area contributed by atoms with Gasteiger partial charge in [0.05, 0.1) is 11.3 Å². The minimum absolute atomic E-state index is 0.00403. The number of halogens is 2. The van der Waals surface area contributed by atoms with E-state index in [1.165, 1.54) is 11.8 Å². The Bertz CT molecular complexity index is 154. The van der Waals surface area contributed by atoms with Gasteiger partial charge >= 0.3 is 0 Å². The average molecular weight is 244 g/mol. The monoisotopic (exact) mass is 243 g/mol. The molecule has 0 bridgehead atoms. The maximum Gasteiger partial charge on any atom is 0.230 e. The predicted molar refractivity (Wildman–Crippen MR) is 61.0 cm³/mol. The fourth-order valence-electron chi connectivity index (χ4n) is 0.843. The first-order valence-corrected chi connectivity index (χ1v) is 6.52. The van der Waals surface area contributed by atoms with Crippen molar-refractivity contribution in [2.45, 2.75) is 18.9 Å². The summed E-state index contributed by atoms with van der Waals surface area (Å²) in [6.07, 6.45) is 2.63. The minimum atomic E-state index is -0.435. The highest BCUT2D eigenvalue weighted by Gasteiger charge is 2.27. The highest BCUT2D eigenvalue weighted by atomic mass is 35.5. The number of amides is 1. The second-order valence-electron chi connectivity index (χ2n) is 2.88. The lowest BCUT2D eigenvalue weighted by Gasteiger charge is -2.29. The number of hydrogen-bond donors (Lipinski definition) is 1. The van der Waals surface area contributed by atoms with Crippen LogP contribution in [0.2, 0.25) is 0 Å². The van der Waals surface area contributed by atoms with Gasteiger partial charge in [-0.1, -0.05) is 6.92 Å². The third-order valence-electron chi connectivity index (χ3n) is 1.87. The van der Waals surface area contributed by atoms with Crippen LogP contribution in [-0.2, 0) is 4.79 Å². The molecule has 13 heavy (non-hydrogen) atoms. The lowest BCUT2D eigenvalue weighted by molar-refractivity contribution is -0.120. The normalized spacial score (nSPS) is 11.4. The zero-order valence-corrected chi connectivity index (χ0v) is 10.2. The molecule has 0 atom stereocenters. The van der Waals surface area contributed by atoms with Crippen molar-refractivity contribution in [2.24, 2.45) is 0 Å². The Morgan fingerprint density at radius 3 is 2.31 bits per heavy atom. The number of rotatable bonds is 6. The van der Waals surface area contributed by atoms with E-state index in [2.05, 4.69) is 5.32 Å². The molecular formula is C8H15Cl2NOS. The fraction of sp³-hybridized carbons (Fsp3) is 0.875. The quantitative estimate of drug-likeness (QED) is 0.725. The lowest BCUT2D eigenvalue weighted by Crippen LogP contribution is -2.51. The Kier molecular flexibility index (Phi) is 7.00. The first-order valence-electron chi connectivity index (χ1n) is 4.06. The van der Waals surface area contributed by atoms with Crippen LogP contribution in [0.3, 0.4) is 0 Å². The van der Waals surface area contributed by atoms with Crippen LogP contribution in [0, 0.1) is 0 Å². The largest absolute Gasteiger partial charge is 0.348 e. The topological polar surface area (TPSA) is 29.1 Å². The molecule has 0 aromatic heterocycles. The van der Waals surface area contributed by atoms with E-state index in [9.17, 15) is 4.79 Å². The molecule has 0 aliphatic carbocycles. The third kappa shape index (κ3) is 4.43. The Morgan fingerprint density at radius 2 is 2.00 bits per heavy atom. The van der Waals surface area contributed by atoms with E-state index < -0.39 is 5.54 Å². The molecule has 0 radical (unpaired) electrons. The fourth-order valence-corrected chi connectivity index (χ4v) is 1.97. The van der Waals surface area contributed by atoms with Crippen molar-refractivity contribution in [3.63, 3.8) is 0 Å². The number of carbonyl (C=O) groups is 1. The van der Waals surface area contributed by atoms with E-state index in [4.69, 9.17) is 23.2 Å². The summed E-state index contributed by atoms with van der Waals surface area (Å²) in [5.41, 5.74) is -0.435. The van der Waals surface area contributed by atoms with Crippen molar-refractivity contribution in [3.8, 4) is 0 Å². The predicted octanol–water partition coefficient (Wildman–Crippen LogP) is 2.09. The molecule has 0 rings (SSSR count). The van der Waals surface area contributed by atoms with Crippen LogP contribution in [0.25, 0.3) is 0 Å². The summed E-state index contributed by atoms with van der Waals surface area (Å²) in [5.74, 6) is 1.16. The maximum atomic E-state index is 11.3. The van der Waals surface area contributed by atoms with Gasteiger partial charge in [-0.2, -0.15) is 11.8 Å². The van der Waals surface area contributed by atoms with E-state index in [0.717, 1.165) is 6.42 Å². The molecule has 0 aliphatic heterocycles. The molecule has 0 aliphatic rings. The SMILES string of the molecule is CCC(CCl)(CCl)NC(=O)CSC. The van der Waals surface area contributed by atoms with Crippen LogP contribution in [-0.4, -0.2) is 35.2 Å². The Hall–Kier alpha value is 0.400. The van der Waals surface area contributed by atoms with Crippen molar-refractivity contribution < 1.29 is 4.79 Å². The Labute approximate surface area is 93.7 Å². The summed E-state index contributed by atoms with van der Waals surface area (Å²) in [5, 5.41) is 2.86. The van der Waals surface area contributed by atoms with Crippen LogP contribution in [0.15, 0.2) is 0 Å². The molecule has 2 nitrogen and oxygen atoms in total. The van der Waals surface area contributed by atoms with Gasteiger partial charge in [0, 0.05) is 11.8 Å². The maximum absolute atomic E-state index is 11.3. The number of hydrogen-bond acceptors (Lipinski definition) is 2. The first-order chi connectivity index (χ1) is 6.14. The van der Waals surface area contributed by atoms with E-state index in [-0.39, 0.29) is 5.91 Å². The summed E-state index contributed by atoms with van der Waals surface area (Å²) < 4.78 is 0. The van der Waals surface area contributed by atoms with Gasteiger partial charge in [0.25, 0.3) is 0 Å². The Balaban J connectivity index is 4.16. The van der Waals surface area contributed by atoms with Gasteiger partial charge in [0.1, 0.15) is 0 Å². The van der Waals surface area contributed by atoms with Gasteiger partial charge in [-0.05, 0) is 12.7 Å². The molecule has 0 fully saturated rings. The third-order valence-corrected chi connectivity index (χ3v) is 3.44. The van der Waals surface area contributed by atoms with Crippen molar-refractivity contribution >= 4 is 40.9 Å². The standard InChI is InChI=1S/C8H15Cl2NOS/c1-3-8(5-9,6-10)11-7(12)4-13-2/h3-6H2,1-2H3,(H,11,12). The zero-order chi connectivity index (χ0) is 10.3. The second-order valence-corrected chi connectivity index (χ2v) is 4.28. The van der Waals surface area contributed by atoms with Gasteiger partial charge < -0.3 is 5.32 Å². The molecule has 0 unspecified atom stereocenters. The van der Waals surface area contributed by atoms with Crippen LogP contribution in [0.4, 0.5) is 0 Å². The molecule has 1 amide bonds. The molecule has 1 N–H and O–H groups in total. The van der Waals surface area contributed by atoms with E-state index >= 15 is 0 Å². The number of carbonyl (C=O) groups excluding carboxylic acids is 1. The molecule has 0 aromatic carbocycles. The highest BCUT2D eigenvalue weighted by Crippen LogP contribution is 2.14. The van der Waals surface area contributed by atoms with Gasteiger partial charge in [-0.15, -0.1) is 23.2 Å². The lowest BCUT2D eigenvalue weighted by atomic mass is 10.0. The Morgan fingerprint density at radius 1 is 1.46 bits per heavy atom. The summed E-state index contributed by atoms with van der Waals surface area (Å²) in [6, 6.07) is 0. The molecule has 0 spiro atoms. The smallest absolute Gasteiger partial charge is 0.230 e. The van der Waals surface area contributed by atoms with E-state index in [1.807, 2.05) is 13.2 Å².